The smallest absolute Gasteiger partial charge is 0.418 e. The van der Waals surface area contributed by atoms with Crippen LogP contribution in [0.2, 0.25) is 0 Å². The molecule has 0 spiro atoms. The lowest BCUT2D eigenvalue weighted by Crippen LogP contribution is -2.49. The van der Waals surface area contributed by atoms with Gasteiger partial charge in [-0.1, -0.05) is 44.2 Å². The van der Waals surface area contributed by atoms with Gasteiger partial charge in [0.05, 0.1) is 6.07 Å². The maximum Gasteiger partial charge on any atom is 0.418 e. The Morgan fingerprint density at radius 1 is 1.33 bits per heavy atom. The van der Waals surface area contributed by atoms with Crippen molar-refractivity contribution in [1.82, 2.24) is 10.2 Å². The van der Waals surface area contributed by atoms with E-state index < -0.39 is 17.7 Å². The van der Waals surface area contributed by atoms with Gasteiger partial charge in [-0.2, -0.15) is 5.26 Å². The van der Waals surface area contributed by atoms with Gasteiger partial charge >= 0.3 is 12.1 Å². The highest BCUT2D eigenvalue weighted by Gasteiger charge is 2.46. The average Bonchev–Trinajstić information content (AvgIpc) is 3.34. The molecule has 1 aliphatic rings. The van der Waals surface area contributed by atoms with Gasteiger partial charge in [0.25, 0.3) is 0 Å². The van der Waals surface area contributed by atoms with E-state index in [1.54, 1.807) is 0 Å². The van der Waals surface area contributed by atoms with Crippen LogP contribution in [0.25, 0.3) is 0 Å². The van der Waals surface area contributed by atoms with Gasteiger partial charge in [0.1, 0.15) is 12.1 Å². The summed E-state index contributed by atoms with van der Waals surface area (Å²) in [6.07, 6.45) is 1.22. The molecule has 1 fully saturated rings. The molecule has 0 atom stereocenters. The third-order valence-corrected chi connectivity index (χ3v) is 3.91. The molecule has 2 rings (SSSR count). The van der Waals surface area contributed by atoms with Gasteiger partial charge in [-0.05, 0) is 30.7 Å². The van der Waals surface area contributed by atoms with Crippen LogP contribution in [0.5, 0.6) is 0 Å². The first kappa shape index (κ1) is 17.8. The maximum absolute atomic E-state index is 12.4. The lowest BCUT2D eigenvalue weighted by Gasteiger charge is -2.23. The Bertz CT molecular complexity index is 618. The summed E-state index contributed by atoms with van der Waals surface area (Å²) < 4.78 is 5.26. The molecule has 1 N–H and O–H groups in total. The van der Waals surface area contributed by atoms with E-state index >= 15 is 0 Å². The molecule has 1 aliphatic carbocycles. The Labute approximate surface area is 142 Å². The Balaban J connectivity index is 1.97. The van der Waals surface area contributed by atoms with Gasteiger partial charge in [0.15, 0.2) is 0 Å². The molecular formula is C18H23N3O3. The van der Waals surface area contributed by atoms with Crippen LogP contribution >= 0.6 is 0 Å². The fourth-order valence-electron chi connectivity index (χ4n) is 2.12. The maximum atomic E-state index is 12.4. The molecule has 24 heavy (non-hydrogen) atoms. The summed E-state index contributed by atoms with van der Waals surface area (Å²) in [6, 6.07) is 10.8. The van der Waals surface area contributed by atoms with Gasteiger partial charge in [0, 0.05) is 6.54 Å². The highest BCUT2D eigenvalue weighted by atomic mass is 16.6. The minimum atomic E-state index is -0.813. The molecule has 0 radical (unpaired) electrons. The second kappa shape index (κ2) is 7.82. The Kier molecular flexibility index (Phi) is 5.80. The minimum absolute atomic E-state index is 0.106. The molecule has 3 amide bonds. The summed E-state index contributed by atoms with van der Waals surface area (Å²) in [5, 5.41) is 11.7. The van der Waals surface area contributed by atoms with Crippen LogP contribution < -0.4 is 5.32 Å². The van der Waals surface area contributed by atoms with E-state index in [-0.39, 0.29) is 13.2 Å². The van der Waals surface area contributed by atoms with Crippen molar-refractivity contribution in [3.8, 4) is 6.07 Å². The van der Waals surface area contributed by atoms with E-state index in [0.29, 0.717) is 25.2 Å². The molecule has 0 bridgehead atoms. The number of nitriles is 1. The topological polar surface area (TPSA) is 82.4 Å². The second-order valence-corrected chi connectivity index (χ2v) is 6.50. The van der Waals surface area contributed by atoms with E-state index in [4.69, 9.17) is 10.00 Å². The summed E-state index contributed by atoms with van der Waals surface area (Å²) in [5.74, 6) is 0.341. The summed E-state index contributed by atoms with van der Waals surface area (Å²) in [6.45, 7) is 4.40. The highest BCUT2D eigenvalue weighted by molar-refractivity contribution is 5.91. The van der Waals surface area contributed by atoms with Crippen molar-refractivity contribution in [2.75, 3.05) is 6.54 Å². The number of nitrogens with one attached hydrogen (secondary N) is 1. The standard InChI is InChI=1S/C18H23N3O3/c1-14(2)8-11-21(16(22)20-18(13-19)9-10-18)17(23)24-12-15-6-4-3-5-7-15/h3-7,14H,8-12H2,1-2H3,(H,20,22). The summed E-state index contributed by atoms with van der Waals surface area (Å²) in [4.78, 5) is 25.8. The van der Waals surface area contributed by atoms with Crippen molar-refractivity contribution < 1.29 is 14.3 Å². The molecular weight excluding hydrogens is 306 g/mol. The number of imide groups is 1. The van der Waals surface area contributed by atoms with Crippen LogP contribution in [0.3, 0.4) is 0 Å². The number of amides is 3. The molecule has 1 aromatic carbocycles. The zero-order chi connectivity index (χ0) is 17.6. The molecule has 128 valence electrons. The first-order valence-corrected chi connectivity index (χ1v) is 8.17. The zero-order valence-electron chi connectivity index (χ0n) is 14.1. The predicted octanol–water partition coefficient (Wildman–Crippen LogP) is 3.44. The van der Waals surface area contributed by atoms with E-state index in [9.17, 15) is 9.59 Å². The molecule has 6 nitrogen and oxygen atoms in total. The molecule has 1 aromatic rings. The number of carbonyl (C=O) groups excluding carboxylic acids is 2. The summed E-state index contributed by atoms with van der Waals surface area (Å²) >= 11 is 0. The minimum Gasteiger partial charge on any atom is -0.444 e. The lowest BCUT2D eigenvalue weighted by molar-refractivity contribution is 0.102. The van der Waals surface area contributed by atoms with Crippen molar-refractivity contribution in [3.05, 3.63) is 35.9 Å². The fraction of sp³-hybridized carbons (Fsp3) is 0.500. The van der Waals surface area contributed by atoms with Crippen LogP contribution in [0.15, 0.2) is 30.3 Å². The number of carbonyl (C=O) groups is 2. The van der Waals surface area contributed by atoms with Gasteiger partial charge in [-0.25, -0.2) is 14.5 Å². The molecule has 0 aliphatic heterocycles. The zero-order valence-corrected chi connectivity index (χ0v) is 14.1. The monoisotopic (exact) mass is 329 g/mol. The SMILES string of the molecule is CC(C)CCN(C(=O)NC1(C#N)CC1)C(=O)OCc1ccccc1. The number of ether oxygens (including phenoxy) is 1. The van der Waals surface area contributed by atoms with E-state index in [1.165, 1.54) is 0 Å². The number of urea groups is 1. The third-order valence-electron chi connectivity index (χ3n) is 3.91. The van der Waals surface area contributed by atoms with Gasteiger partial charge in [-0.15, -0.1) is 0 Å². The Hall–Kier alpha value is -2.55. The van der Waals surface area contributed by atoms with Crippen molar-refractivity contribution in [1.29, 1.82) is 5.26 Å². The van der Waals surface area contributed by atoms with Gasteiger partial charge < -0.3 is 10.1 Å². The molecule has 0 unspecified atom stereocenters. The average molecular weight is 329 g/mol. The van der Waals surface area contributed by atoms with E-state index in [2.05, 4.69) is 11.4 Å². The molecule has 6 heteroatoms. The van der Waals surface area contributed by atoms with Gasteiger partial charge in [-0.3, -0.25) is 0 Å². The van der Waals surface area contributed by atoms with Crippen LogP contribution in [0.4, 0.5) is 9.59 Å². The molecule has 0 heterocycles. The van der Waals surface area contributed by atoms with E-state index in [1.807, 2.05) is 44.2 Å². The van der Waals surface area contributed by atoms with Crippen molar-refractivity contribution in [3.63, 3.8) is 0 Å². The van der Waals surface area contributed by atoms with Crippen LogP contribution in [-0.2, 0) is 11.3 Å². The van der Waals surface area contributed by atoms with Crippen molar-refractivity contribution >= 4 is 12.1 Å². The fourth-order valence-corrected chi connectivity index (χ4v) is 2.12. The quantitative estimate of drug-likeness (QED) is 0.866. The number of benzene rings is 1. The Morgan fingerprint density at radius 2 is 2.00 bits per heavy atom. The summed E-state index contributed by atoms with van der Waals surface area (Å²) in [5.41, 5.74) is 0.0399. The number of nitrogens with zero attached hydrogens (tertiary/aromatic N) is 2. The predicted molar refractivity (Wildman–Crippen MR) is 88.9 cm³/mol. The van der Waals surface area contributed by atoms with Crippen LogP contribution in [0.1, 0.15) is 38.7 Å². The first-order valence-electron chi connectivity index (χ1n) is 8.17. The van der Waals surface area contributed by atoms with Crippen LogP contribution in [-0.4, -0.2) is 29.1 Å². The molecule has 1 saturated carbocycles. The molecule has 0 aromatic heterocycles. The van der Waals surface area contributed by atoms with Crippen LogP contribution in [0, 0.1) is 17.2 Å². The highest BCUT2D eigenvalue weighted by Crippen LogP contribution is 2.34. The Morgan fingerprint density at radius 3 is 2.54 bits per heavy atom. The summed E-state index contributed by atoms with van der Waals surface area (Å²) in [7, 11) is 0. The lowest BCUT2D eigenvalue weighted by atomic mass is 10.1. The second-order valence-electron chi connectivity index (χ2n) is 6.50. The molecule has 0 saturated heterocycles. The number of hydrogen-bond donors (Lipinski definition) is 1. The number of hydrogen-bond acceptors (Lipinski definition) is 4. The van der Waals surface area contributed by atoms with E-state index in [0.717, 1.165) is 10.5 Å². The third kappa shape index (κ3) is 4.98. The largest absolute Gasteiger partial charge is 0.444 e. The normalized spacial score (nSPS) is 14.6. The van der Waals surface area contributed by atoms with Crippen molar-refractivity contribution in [2.45, 2.75) is 45.3 Å². The first-order chi connectivity index (χ1) is 11.5. The number of rotatable bonds is 6. The van der Waals surface area contributed by atoms with Gasteiger partial charge in [0.2, 0.25) is 0 Å². The van der Waals surface area contributed by atoms with Crippen molar-refractivity contribution in [2.24, 2.45) is 5.92 Å².